The van der Waals surface area contributed by atoms with Crippen LogP contribution in [0.3, 0.4) is 0 Å². The lowest BCUT2D eigenvalue weighted by atomic mass is 9.49. The van der Waals surface area contributed by atoms with Crippen LogP contribution in [0.2, 0.25) is 0 Å². The maximum Gasteiger partial charge on any atom is 0.247 e. The predicted molar refractivity (Wildman–Crippen MR) is 151 cm³/mol. The highest BCUT2D eigenvalue weighted by Gasteiger charge is 2.55. The van der Waals surface area contributed by atoms with Gasteiger partial charge in [-0.2, -0.15) is 0 Å². The third-order valence-corrected chi connectivity index (χ3v) is 10.3. The molecule has 1 aromatic rings. The van der Waals surface area contributed by atoms with Crippen molar-refractivity contribution in [3.05, 3.63) is 34.9 Å². The minimum atomic E-state index is -1.08. The number of hydrogen-bond acceptors (Lipinski definition) is 7. The van der Waals surface area contributed by atoms with Crippen molar-refractivity contribution < 1.29 is 34.4 Å². The number of aliphatic hydroxyl groups excluding tert-OH is 3. The summed E-state index contributed by atoms with van der Waals surface area (Å²) in [6.45, 7) is 3.99. The SMILES string of the molecule is COc1cc(CO)cc2c1OC1C2C(C(=O)NCCO)=CC(N(CC23CC4CC(CC(C4)C2)C3)C(=O)C(C)C)C1O. The summed E-state index contributed by atoms with van der Waals surface area (Å²) in [5, 5.41) is 34.0. The van der Waals surface area contributed by atoms with Crippen molar-refractivity contribution in [3.8, 4) is 11.5 Å². The number of fused-ring (bicyclic) bond motifs is 3. The van der Waals surface area contributed by atoms with Gasteiger partial charge >= 0.3 is 0 Å². The molecule has 0 spiro atoms. The van der Waals surface area contributed by atoms with Crippen LogP contribution in [0.1, 0.15) is 69.4 Å². The summed E-state index contributed by atoms with van der Waals surface area (Å²) >= 11 is 0. The lowest BCUT2D eigenvalue weighted by Crippen LogP contribution is -2.60. The highest BCUT2D eigenvalue weighted by Crippen LogP contribution is 2.60. The summed E-state index contributed by atoms with van der Waals surface area (Å²) < 4.78 is 11.9. The monoisotopic (exact) mass is 568 g/mol. The molecule has 41 heavy (non-hydrogen) atoms. The number of methoxy groups -OCH3 is 1. The summed E-state index contributed by atoms with van der Waals surface area (Å²) in [5.74, 6) is 1.70. The summed E-state index contributed by atoms with van der Waals surface area (Å²) in [6.07, 6.45) is 7.10. The molecule has 224 valence electrons. The first kappa shape index (κ1) is 28.5. The zero-order valence-electron chi connectivity index (χ0n) is 24.3. The second-order valence-corrected chi connectivity index (χ2v) is 13.6. The van der Waals surface area contributed by atoms with Crippen LogP contribution in [0, 0.1) is 29.1 Å². The van der Waals surface area contributed by atoms with E-state index < -0.39 is 24.2 Å². The molecule has 1 heterocycles. The second kappa shape index (κ2) is 10.9. The number of nitrogens with zero attached hydrogens (tertiary/aromatic N) is 1. The fraction of sp³-hybridized carbons (Fsp3) is 0.688. The van der Waals surface area contributed by atoms with Gasteiger partial charge < -0.3 is 35.0 Å². The molecule has 4 bridgehead atoms. The van der Waals surface area contributed by atoms with E-state index in [1.807, 2.05) is 18.7 Å². The van der Waals surface area contributed by atoms with E-state index >= 15 is 0 Å². The number of rotatable bonds is 9. The molecule has 0 aromatic heterocycles. The third-order valence-electron chi connectivity index (χ3n) is 10.3. The lowest BCUT2D eigenvalue weighted by molar-refractivity contribution is -0.148. The summed E-state index contributed by atoms with van der Waals surface area (Å²) in [7, 11) is 1.51. The van der Waals surface area contributed by atoms with Gasteiger partial charge in [0.1, 0.15) is 12.2 Å². The Morgan fingerprint density at radius 3 is 2.34 bits per heavy atom. The van der Waals surface area contributed by atoms with Crippen molar-refractivity contribution in [2.45, 2.75) is 83.1 Å². The van der Waals surface area contributed by atoms with Crippen molar-refractivity contribution >= 4 is 11.8 Å². The average molecular weight is 569 g/mol. The number of benzene rings is 1. The van der Waals surface area contributed by atoms with Gasteiger partial charge in [-0.3, -0.25) is 9.59 Å². The minimum Gasteiger partial charge on any atom is -0.493 e. The van der Waals surface area contributed by atoms with Crippen LogP contribution in [0.5, 0.6) is 11.5 Å². The molecule has 1 aliphatic heterocycles. The van der Waals surface area contributed by atoms with Gasteiger partial charge in [-0.05, 0) is 85.5 Å². The van der Waals surface area contributed by atoms with Gasteiger partial charge in [0.15, 0.2) is 11.5 Å². The van der Waals surface area contributed by atoms with Gasteiger partial charge in [0, 0.05) is 30.1 Å². The Morgan fingerprint density at radius 1 is 1.12 bits per heavy atom. The lowest BCUT2D eigenvalue weighted by Gasteiger charge is -2.58. The number of hydrogen-bond donors (Lipinski definition) is 4. The van der Waals surface area contributed by atoms with E-state index in [1.165, 1.54) is 26.4 Å². The maximum absolute atomic E-state index is 13.9. The summed E-state index contributed by atoms with van der Waals surface area (Å²) in [4.78, 5) is 29.4. The Bertz CT molecular complexity index is 1190. The molecule has 7 rings (SSSR count). The first-order valence-corrected chi connectivity index (χ1v) is 15.2. The molecule has 4 fully saturated rings. The molecule has 4 unspecified atom stereocenters. The van der Waals surface area contributed by atoms with Crippen molar-refractivity contribution in [1.82, 2.24) is 10.2 Å². The largest absolute Gasteiger partial charge is 0.493 e. The molecule has 2 amide bonds. The van der Waals surface area contributed by atoms with E-state index in [-0.39, 0.29) is 42.9 Å². The van der Waals surface area contributed by atoms with E-state index in [2.05, 4.69) is 5.32 Å². The van der Waals surface area contributed by atoms with Gasteiger partial charge in [0.25, 0.3) is 0 Å². The highest BCUT2D eigenvalue weighted by atomic mass is 16.5. The topological polar surface area (TPSA) is 129 Å². The van der Waals surface area contributed by atoms with Crippen LogP contribution < -0.4 is 14.8 Å². The van der Waals surface area contributed by atoms with Crippen LogP contribution in [0.15, 0.2) is 23.8 Å². The van der Waals surface area contributed by atoms with Gasteiger partial charge in [0.05, 0.1) is 32.3 Å². The number of amides is 2. The van der Waals surface area contributed by atoms with Crippen molar-refractivity contribution in [1.29, 1.82) is 0 Å². The molecule has 4 saturated carbocycles. The zero-order chi connectivity index (χ0) is 29.1. The average Bonchev–Trinajstić information content (AvgIpc) is 3.33. The maximum atomic E-state index is 13.9. The van der Waals surface area contributed by atoms with E-state index in [0.717, 1.165) is 19.3 Å². The fourth-order valence-electron chi connectivity index (χ4n) is 9.13. The molecule has 4 atom stereocenters. The smallest absolute Gasteiger partial charge is 0.247 e. The second-order valence-electron chi connectivity index (χ2n) is 13.6. The first-order chi connectivity index (χ1) is 19.7. The van der Waals surface area contributed by atoms with Gasteiger partial charge in [-0.15, -0.1) is 0 Å². The van der Waals surface area contributed by atoms with E-state index in [4.69, 9.17) is 9.47 Å². The number of nitrogens with one attached hydrogen (secondary N) is 1. The molecule has 4 N–H and O–H groups in total. The fourth-order valence-corrected chi connectivity index (χ4v) is 9.13. The van der Waals surface area contributed by atoms with Gasteiger partial charge in [0.2, 0.25) is 11.8 Å². The predicted octanol–water partition coefficient (Wildman–Crippen LogP) is 2.51. The molecule has 5 aliphatic carbocycles. The van der Waals surface area contributed by atoms with E-state index in [9.17, 15) is 24.9 Å². The standard InChI is InChI=1S/C32H44N2O7/c1-17(2)31(39)34(16-32-12-18-6-19(13-32)8-20(7-18)14-32)24-11-23(30(38)33-4-5-35)26-22-9-21(15-36)10-25(40-3)28(22)41-29(26)27(24)37/h9-11,17-20,24,26-27,29,35-37H,4-8,12-16H2,1-3H3,(H,33,38). The minimum absolute atomic E-state index is 0.0368. The Hall–Kier alpha value is -2.62. The Kier molecular flexibility index (Phi) is 7.57. The summed E-state index contributed by atoms with van der Waals surface area (Å²) in [5.41, 5.74) is 1.70. The molecule has 0 radical (unpaired) electrons. The van der Waals surface area contributed by atoms with E-state index in [0.29, 0.717) is 52.5 Å². The molecule has 9 heteroatoms. The molecular formula is C32H44N2O7. The number of ether oxygens (including phenoxy) is 2. The van der Waals surface area contributed by atoms with E-state index in [1.54, 1.807) is 18.2 Å². The molecule has 9 nitrogen and oxygen atoms in total. The molecule has 6 aliphatic rings. The highest BCUT2D eigenvalue weighted by molar-refractivity contribution is 5.96. The Morgan fingerprint density at radius 2 is 1.78 bits per heavy atom. The van der Waals surface area contributed by atoms with Crippen LogP contribution in [0.25, 0.3) is 0 Å². The van der Waals surface area contributed by atoms with Crippen LogP contribution in [-0.2, 0) is 16.2 Å². The van der Waals surface area contributed by atoms with Crippen LogP contribution >= 0.6 is 0 Å². The quantitative estimate of drug-likeness (QED) is 0.360. The normalized spacial score (nSPS) is 34.5. The van der Waals surface area contributed by atoms with Crippen molar-refractivity contribution in [2.24, 2.45) is 29.1 Å². The van der Waals surface area contributed by atoms with Crippen LogP contribution in [-0.4, -0.2) is 77.1 Å². The Balaban J connectivity index is 1.41. The Labute approximate surface area is 241 Å². The first-order valence-electron chi connectivity index (χ1n) is 15.2. The van der Waals surface area contributed by atoms with Crippen molar-refractivity contribution in [2.75, 3.05) is 26.8 Å². The molecule has 0 saturated heterocycles. The summed E-state index contributed by atoms with van der Waals surface area (Å²) in [6, 6.07) is 2.73. The van der Waals surface area contributed by atoms with Gasteiger partial charge in [-0.25, -0.2) is 0 Å². The zero-order valence-corrected chi connectivity index (χ0v) is 24.3. The van der Waals surface area contributed by atoms with Gasteiger partial charge in [-0.1, -0.05) is 13.8 Å². The number of carbonyl (C=O) groups is 2. The van der Waals surface area contributed by atoms with Crippen LogP contribution in [0.4, 0.5) is 0 Å². The molecule has 1 aromatic carbocycles. The molecular weight excluding hydrogens is 524 g/mol. The third kappa shape index (κ3) is 4.93. The van der Waals surface area contributed by atoms with Crippen molar-refractivity contribution in [3.63, 3.8) is 0 Å². The number of aliphatic hydroxyl groups is 3. The number of carbonyl (C=O) groups excluding carboxylic acids is 2.